The van der Waals surface area contributed by atoms with Crippen LogP contribution < -0.4 is 0 Å². The molecule has 4 nitrogen and oxygen atoms in total. The lowest BCUT2D eigenvalue weighted by Gasteiger charge is -2.21. The first-order chi connectivity index (χ1) is 6.17. The van der Waals surface area contributed by atoms with Crippen molar-refractivity contribution in [3.63, 3.8) is 0 Å². The summed E-state index contributed by atoms with van der Waals surface area (Å²) in [5.74, 6) is 0.162. The summed E-state index contributed by atoms with van der Waals surface area (Å²) >= 11 is 0. The SMILES string of the molecule is CCCCCN1C=NCCS1(=O)=O. The molecule has 0 unspecified atom stereocenters. The van der Waals surface area contributed by atoms with E-state index in [-0.39, 0.29) is 5.75 Å². The van der Waals surface area contributed by atoms with Crippen LogP contribution in [0.15, 0.2) is 4.99 Å². The lowest BCUT2D eigenvalue weighted by Crippen LogP contribution is -2.36. The van der Waals surface area contributed by atoms with Crippen LogP contribution in [0.5, 0.6) is 0 Å². The van der Waals surface area contributed by atoms with Crippen molar-refractivity contribution in [3.05, 3.63) is 0 Å². The monoisotopic (exact) mass is 204 g/mol. The molecule has 76 valence electrons. The molecule has 5 heteroatoms. The second-order valence-corrected chi connectivity index (χ2v) is 5.20. The Hall–Kier alpha value is -0.580. The van der Waals surface area contributed by atoms with E-state index in [4.69, 9.17) is 0 Å². The van der Waals surface area contributed by atoms with Gasteiger partial charge in [-0.25, -0.2) is 8.42 Å². The zero-order valence-corrected chi connectivity index (χ0v) is 8.76. The van der Waals surface area contributed by atoms with Crippen LogP contribution in [-0.2, 0) is 10.0 Å². The van der Waals surface area contributed by atoms with E-state index in [1.54, 1.807) is 0 Å². The molecule has 1 aliphatic heterocycles. The van der Waals surface area contributed by atoms with Gasteiger partial charge in [0.05, 0.1) is 18.6 Å². The quantitative estimate of drug-likeness (QED) is 0.637. The third-order valence-corrected chi connectivity index (χ3v) is 3.72. The third-order valence-electron chi connectivity index (χ3n) is 2.03. The maximum Gasteiger partial charge on any atom is 0.237 e. The van der Waals surface area contributed by atoms with Crippen molar-refractivity contribution in [1.82, 2.24) is 4.31 Å². The van der Waals surface area contributed by atoms with Gasteiger partial charge in [-0.1, -0.05) is 19.8 Å². The summed E-state index contributed by atoms with van der Waals surface area (Å²) in [6.45, 7) is 3.09. The molecule has 0 amide bonds. The first-order valence-corrected chi connectivity index (χ1v) is 6.27. The van der Waals surface area contributed by atoms with Gasteiger partial charge in [-0.15, -0.1) is 0 Å². The van der Waals surface area contributed by atoms with Gasteiger partial charge in [-0.05, 0) is 6.42 Å². The summed E-state index contributed by atoms with van der Waals surface area (Å²) in [6, 6.07) is 0. The van der Waals surface area contributed by atoms with Crippen molar-refractivity contribution in [1.29, 1.82) is 0 Å². The van der Waals surface area contributed by atoms with Gasteiger partial charge in [0.15, 0.2) is 0 Å². The minimum absolute atomic E-state index is 0.162. The van der Waals surface area contributed by atoms with Crippen LogP contribution in [0, 0.1) is 0 Å². The molecule has 0 aromatic rings. The highest BCUT2D eigenvalue weighted by Gasteiger charge is 2.20. The third kappa shape index (κ3) is 2.99. The zero-order valence-electron chi connectivity index (χ0n) is 7.94. The van der Waals surface area contributed by atoms with Crippen LogP contribution in [0.1, 0.15) is 26.2 Å². The number of nitrogens with zero attached hydrogens (tertiary/aromatic N) is 2. The van der Waals surface area contributed by atoms with Gasteiger partial charge in [0.25, 0.3) is 0 Å². The van der Waals surface area contributed by atoms with Crippen LogP contribution >= 0.6 is 0 Å². The molecule has 13 heavy (non-hydrogen) atoms. The van der Waals surface area contributed by atoms with E-state index in [2.05, 4.69) is 11.9 Å². The average molecular weight is 204 g/mol. The van der Waals surface area contributed by atoms with E-state index in [0.29, 0.717) is 13.1 Å². The van der Waals surface area contributed by atoms with E-state index >= 15 is 0 Å². The lowest BCUT2D eigenvalue weighted by atomic mass is 10.2. The fourth-order valence-electron chi connectivity index (χ4n) is 1.22. The second kappa shape index (κ2) is 4.60. The first-order valence-electron chi connectivity index (χ1n) is 4.66. The highest BCUT2D eigenvalue weighted by atomic mass is 32.2. The Balaban J connectivity index is 2.47. The van der Waals surface area contributed by atoms with Crippen LogP contribution in [-0.4, -0.2) is 37.9 Å². The van der Waals surface area contributed by atoms with Crippen molar-refractivity contribution < 1.29 is 8.42 Å². The van der Waals surface area contributed by atoms with Gasteiger partial charge in [-0.2, -0.15) is 0 Å². The van der Waals surface area contributed by atoms with E-state index in [9.17, 15) is 8.42 Å². The molecule has 0 fully saturated rings. The highest BCUT2D eigenvalue weighted by Crippen LogP contribution is 2.06. The summed E-state index contributed by atoms with van der Waals surface area (Å²) in [4.78, 5) is 3.95. The van der Waals surface area contributed by atoms with Gasteiger partial charge < -0.3 is 0 Å². The number of unbranched alkanes of at least 4 members (excludes halogenated alkanes) is 2. The fourth-order valence-corrected chi connectivity index (χ4v) is 2.41. The van der Waals surface area contributed by atoms with E-state index < -0.39 is 10.0 Å². The van der Waals surface area contributed by atoms with E-state index in [0.717, 1.165) is 19.3 Å². The molecule has 1 rings (SSSR count). The molecule has 0 atom stereocenters. The number of rotatable bonds is 4. The lowest BCUT2D eigenvalue weighted by molar-refractivity contribution is 0.504. The predicted molar refractivity (Wildman–Crippen MR) is 53.4 cm³/mol. The van der Waals surface area contributed by atoms with Crippen LogP contribution in [0.2, 0.25) is 0 Å². The number of hydrogen-bond donors (Lipinski definition) is 0. The van der Waals surface area contributed by atoms with E-state index in [1.807, 2.05) is 0 Å². The molecule has 0 bridgehead atoms. The summed E-state index contributed by atoms with van der Waals surface area (Å²) in [7, 11) is -3.02. The smallest absolute Gasteiger partial charge is 0.237 e. The molecule has 0 aliphatic carbocycles. The number of hydrogen-bond acceptors (Lipinski definition) is 3. The van der Waals surface area contributed by atoms with Crippen molar-refractivity contribution in [3.8, 4) is 0 Å². The van der Waals surface area contributed by atoms with Crippen molar-refractivity contribution in [2.24, 2.45) is 4.99 Å². The highest BCUT2D eigenvalue weighted by molar-refractivity contribution is 7.89. The maximum atomic E-state index is 11.4. The van der Waals surface area contributed by atoms with Gasteiger partial charge in [0.2, 0.25) is 10.0 Å². The van der Waals surface area contributed by atoms with Crippen LogP contribution in [0.25, 0.3) is 0 Å². The summed E-state index contributed by atoms with van der Waals surface area (Å²) in [5.41, 5.74) is 0. The van der Waals surface area contributed by atoms with Crippen LogP contribution in [0.4, 0.5) is 0 Å². The minimum Gasteiger partial charge on any atom is -0.274 e. The zero-order chi connectivity index (χ0) is 9.73. The standard InChI is InChI=1S/C8H16N2O2S/c1-2-3-4-6-10-8-9-5-7-13(10,11)12/h8H,2-7H2,1H3. The molecule has 0 saturated heterocycles. The maximum absolute atomic E-state index is 11.4. The Morgan fingerprint density at radius 2 is 2.23 bits per heavy atom. The normalized spacial score (nSPS) is 20.5. The molecule has 0 aromatic carbocycles. The Labute approximate surface area is 79.7 Å². The topological polar surface area (TPSA) is 49.7 Å². The van der Waals surface area contributed by atoms with Crippen molar-refractivity contribution in [2.45, 2.75) is 26.2 Å². The van der Waals surface area contributed by atoms with Crippen molar-refractivity contribution >= 4 is 16.4 Å². The predicted octanol–water partition coefficient (Wildman–Crippen LogP) is 0.850. The van der Waals surface area contributed by atoms with E-state index in [1.165, 1.54) is 10.6 Å². The Kier molecular flexibility index (Phi) is 3.71. The minimum atomic E-state index is -3.02. The molecule has 1 aliphatic rings. The molecule has 0 N–H and O–H groups in total. The van der Waals surface area contributed by atoms with Gasteiger partial charge >= 0.3 is 0 Å². The molecule has 0 spiro atoms. The molecule has 1 heterocycles. The Morgan fingerprint density at radius 3 is 2.85 bits per heavy atom. The molecular formula is C8H16N2O2S. The Morgan fingerprint density at radius 1 is 1.46 bits per heavy atom. The number of sulfonamides is 1. The molecular weight excluding hydrogens is 188 g/mol. The van der Waals surface area contributed by atoms with Crippen LogP contribution in [0.3, 0.4) is 0 Å². The summed E-state index contributed by atoms with van der Waals surface area (Å²) in [5, 5.41) is 0. The Bertz CT molecular complexity index is 272. The summed E-state index contributed by atoms with van der Waals surface area (Å²) in [6.07, 6.45) is 4.54. The average Bonchev–Trinajstić information content (AvgIpc) is 2.08. The van der Waals surface area contributed by atoms with Gasteiger partial charge in [-0.3, -0.25) is 9.30 Å². The fraction of sp³-hybridized carbons (Fsp3) is 0.875. The largest absolute Gasteiger partial charge is 0.274 e. The molecule has 0 saturated carbocycles. The molecule has 0 aromatic heterocycles. The summed E-state index contributed by atoms with van der Waals surface area (Å²) < 4.78 is 24.2. The second-order valence-electron chi connectivity index (χ2n) is 3.16. The van der Waals surface area contributed by atoms with Crippen molar-refractivity contribution in [2.75, 3.05) is 18.8 Å². The van der Waals surface area contributed by atoms with Gasteiger partial charge in [0, 0.05) is 6.54 Å². The first kappa shape index (κ1) is 10.5. The molecule has 0 radical (unpaired) electrons. The van der Waals surface area contributed by atoms with Gasteiger partial charge in [0.1, 0.15) is 0 Å². The number of aliphatic imine (C=N–C) groups is 1.